The van der Waals surface area contributed by atoms with Gasteiger partial charge < -0.3 is 11.1 Å². The molecule has 5 nitrogen and oxygen atoms in total. The number of aromatic amines is 1. The lowest BCUT2D eigenvalue weighted by Crippen LogP contribution is -2.40. The molecule has 0 aromatic carbocycles. The molecular formula is C11H20N4O. The molecule has 1 rings (SSSR count). The monoisotopic (exact) mass is 224 g/mol. The van der Waals surface area contributed by atoms with Crippen LogP contribution in [0.4, 0.5) is 5.82 Å². The molecule has 0 aliphatic heterocycles. The van der Waals surface area contributed by atoms with Crippen molar-refractivity contribution in [3.8, 4) is 0 Å². The number of nitrogens with zero attached hydrogens (tertiary/aromatic N) is 1. The van der Waals surface area contributed by atoms with Crippen LogP contribution in [0.2, 0.25) is 0 Å². The maximum absolute atomic E-state index is 11.7. The molecule has 0 fully saturated rings. The standard InChI is InChI=1S/C11H20N4O/c1-4-7(3)10(12)11(16)13-9-6-8(5-2)14-15-9/h6-7,10H,4-5,12H2,1-3H3,(H2,13,14,15,16). The van der Waals surface area contributed by atoms with Crippen LogP contribution < -0.4 is 11.1 Å². The molecule has 5 heteroatoms. The van der Waals surface area contributed by atoms with Gasteiger partial charge in [0, 0.05) is 11.8 Å². The lowest BCUT2D eigenvalue weighted by Gasteiger charge is -2.16. The Hall–Kier alpha value is -1.36. The van der Waals surface area contributed by atoms with E-state index in [0.29, 0.717) is 5.82 Å². The molecule has 0 spiro atoms. The number of anilines is 1. The number of aryl methyl sites for hydroxylation is 1. The second kappa shape index (κ2) is 5.65. The minimum Gasteiger partial charge on any atom is -0.320 e. The number of amides is 1. The summed E-state index contributed by atoms with van der Waals surface area (Å²) in [7, 11) is 0. The van der Waals surface area contributed by atoms with Crippen molar-refractivity contribution in [3.63, 3.8) is 0 Å². The van der Waals surface area contributed by atoms with Gasteiger partial charge in [-0.15, -0.1) is 0 Å². The summed E-state index contributed by atoms with van der Waals surface area (Å²) in [5.41, 5.74) is 6.80. The Morgan fingerprint density at radius 1 is 1.62 bits per heavy atom. The lowest BCUT2D eigenvalue weighted by atomic mass is 9.99. The predicted octanol–water partition coefficient (Wildman–Crippen LogP) is 1.28. The number of carbonyl (C=O) groups excluding carboxylic acids is 1. The molecule has 0 aliphatic rings. The van der Waals surface area contributed by atoms with Gasteiger partial charge in [0.15, 0.2) is 5.82 Å². The zero-order chi connectivity index (χ0) is 12.1. The topological polar surface area (TPSA) is 83.8 Å². The van der Waals surface area contributed by atoms with Gasteiger partial charge in [-0.25, -0.2) is 0 Å². The van der Waals surface area contributed by atoms with Crippen LogP contribution >= 0.6 is 0 Å². The van der Waals surface area contributed by atoms with Gasteiger partial charge in [0.05, 0.1) is 6.04 Å². The first kappa shape index (κ1) is 12.7. The van der Waals surface area contributed by atoms with E-state index < -0.39 is 6.04 Å². The van der Waals surface area contributed by atoms with Crippen LogP contribution in [-0.2, 0) is 11.2 Å². The highest BCUT2D eigenvalue weighted by Crippen LogP contribution is 2.10. The summed E-state index contributed by atoms with van der Waals surface area (Å²) in [4.78, 5) is 11.7. The van der Waals surface area contributed by atoms with E-state index in [-0.39, 0.29) is 11.8 Å². The summed E-state index contributed by atoms with van der Waals surface area (Å²) < 4.78 is 0. The van der Waals surface area contributed by atoms with Gasteiger partial charge in [0.25, 0.3) is 0 Å². The molecule has 0 bridgehead atoms. The van der Waals surface area contributed by atoms with Crippen molar-refractivity contribution in [1.29, 1.82) is 0 Å². The van der Waals surface area contributed by atoms with Crippen molar-refractivity contribution < 1.29 is 4.79 Å². The summed E-state index contributed by atoms with van der Waals surface area (Å²) in [6.45, 7) is 6.00. The Balaban J connectivity index is 2.57. The van der Waals surface area contributed by atoms with Crippen LogP contribution in [0.15, 0.2) is 6.07 Å². The zero-order valence-corrected chi connectivity index (χ0v) is 10.1. The third-order valence-corrected chi connectivity index (χ3v) is 2.82. The van der Waals surface area contributed by atoms with Gasteiger partial charge in [-0.2, -0.15) is 5.10 Å². The Morgan fingerprint density at radius 3 is 2.81 bits per heavy atom. The van der Waals surface area contributed by atoms with E-state index in [9.17, 15) is 4.79 Å². The van der Waals surface area contributed by atoms with E-state index in [1.54, 1.807) is 0 Å². The largest absolute Gasteiger partial charge is 0.320 e. The first-order valence-corrected chi connectivity index (χ1v) is 5.69. The molecule has 0 aliphatic carbocycles. The zero-order valence-electron chi connectivity index (χ0n) is 10.1. The highest BCUT2D eigenvalue weighted by molar-refractivity contribution is 5.94. The van der Waals surface area contributed by atoms with Crippen LogP contribution in [0.5, 0.6) is 0 Å². The number of hydrogen-bond acceptors (Lipinski definition) is 3. The number of hydrogen-bond donors (Lipinski definition) is 3. The van der Waals surface area contributed by atoms with E-state index in [2.05, 4.69) is 15.5 Å². The number of rotatable bonds is 5. The Kier molecular flexibility index (Phi) is 4.49. The predicted molar refractivity (Wildman–Crippen MR) is 64.0 cm³/mol. The quantitative estimate of drug-likeness (QED) is 0.704. The number of nitrogens with one attached hydrogen (secondary N) is 2. The van der Waals surface area contributed by atoms with E-state index in [0.717, 1.165) is 18.5 Å². The molecule has 1 amide bonds. The molecule has 4 N–H and O–H groups in total. The fourth-order valence-corrected chi connectivity index (χ4v) is 1.33. The average molecular weight is 224 g/mol. The van der Waals surface area contributed by atoms with Crippen molar-refractivity contribution >= 4 is 11.7 Å². The molecule has 0 saturated heterocycles. The van der Waals surface area contributed by atoms with Gasteiger partial charge in [-0.1, -0.05) is 27.2 Å². The first-order chi connectivity index (χ1) is 7.58. The Morgan fingerprint density at radius 2 is 2.31 bits per heavy atom. The van der Waals surface area contributed by atoms with Crippen molar-refractivity contribution in [2.45, 2.75) is 39.7 Å². The summed E-state index contributed by atoms with van der Waals surface area (Å²) >= 11 is 0. The summed E-state index contributed by atoms with van der Waals surface area (Å²) in [5.74, 6) is 0.536. The van der Waals surface area contributed by atoms with E-state index in [1.807, 2.05) is 26.8 Å². The molecule has 0 radical (unpaired) electrons. The minimum atomic E-state index is -0.480. The smallest absolute Gasteiger partial charge is 0.242 e. The maximum Gasteiger partial charge on any atom is 0.242 e. The third kappa shape index (κ3) is 3.06. The average Bonchev–Trinajstić information content (AvgIpc) is 2.74. The maximum atomic E-state index is 11.7. The second-order valence-corrected chi connectivity index (χ2v) is 4.03. The van der Waals surface area contributed by atoms with Crippen LogP contribution in [0.1, 0.15) is 32.9 Å². The number of H-pyrrole nitrogens is 1. The first-order valence-electron chi connectivity index (χ1n) is 5.69. The van der Waals surface area contributed by atoms with E-state index >= 15 is 0 Å². The van der Waals surface area contributed by atoms with Crippen molar-refractivity contribution in [2.75, 3.05) is 5.32 Å². The number of aromatic nitrogens is 2. The fraction of sp³-hybridized carbons (Fsp3) is 0.636. The van der Waals surface area contributed by atoms with Gasteiger partial charge >= 0.3 is 0 Å². The number of carbonyl (C=O) groups is 1. The second-order valence-electron chi connectivity index (χ2n) is 4.03. The third-order valence-electron chi connectivity index (χ3n) is 2.82. The summed E-state index contributed by atoms with van der Waals surface area (Å²) in [5, 5.41) is 9.52. The summed E-state index contributed by atoms with van der Waals surface area (Å²) in [6.07, 6.45) is 1.75. The Bertz CT molecular complexity index is 348. The molecule has 1 aromatic heterocycles. The molecular weight excluding hydrogens is 204 g/mol. The highest BCUT2D eigenvalue weighted by Gasteiger charge is 2.19. The minimum absolute atomic E-state index is 0.171. The molecule has 1 aromatic rings. The normalized spacial score (nSPS) is 14.5. The van der Waals surface area contributed by atoms with Crippen molar-refractivity contribution in [3.05, 3.63) is 11.8 Å². The van der Waals surface area contributed by atoms with Crippen LogP contribution in [0.25, 0.3) is 0 Å². The van der Waals surface area contributed by atoms with Gasteiger partial charge in [0.2, 0.25) is 5.91 Å². The van der Waals surface area contributed by atoms with Crippen LogP contribution in [-0.4, -0.2) is 22.1 Å². The highest BCUT2D eigenvalue weighted by atomic mass is 16.2. The van der Waals surface area contributed by atoms with Gasteiger partial charge in [-0.05, 0) is 12.3 Å². The fourth-order valence-electron chi connectivity index (χ4n) is 1.33. The Labute approximate surface area is 95.8 Å². The van der Waals surface area contributed by atoms with Crippen LogP contribution in [0.3, 0.4) is 0 Å². The molecule has 90 valence electrons. The molecule has 16 heavy (non-hydrogen) atoms. The van der Waals surface area contributed by atoms with Crippen molar-refractivity contribution in [2.24, 2.45) is 11.7 Å². The van der Waals surface area contributed by atoms with Crippen LogP contribution in [0, 0.1) is 5.92 Å². The molecule has 2 atom stereocenters. The summed E-state index contributed by atoms with van der Waals surface area (Å²) in [6, 6.07) is 1.34. The van der Waals surface area contributed by atoms with E-state index in [4.69, 9.17) is 5.73 Å². The molecule has 0 saturated carbocycles. The number of nitrogens with two attached hydrogens (primary N) is 1. The lowest BCUT2D eigenvalue weighted by molar-refractivity contribution is -0.118. The molecule has 2 unspecified atom stereocenters. The SMILES string of the molecule is CCc1cc(NC(=O)C(N)C(C)CC)n[nH]1. The van der Waals surface area contributed by atoms with E-state index in [1.165, 1.54) is 0 Å². The molecule has 1 heterocycles. The van der Waals surface area contributed by atoms with Gasteiger partial charge in [0.1, 0.15) is 0 Å². The van der Waals surface area contributed by atoms with Crippen molar-refractivity contribution in [1.82, 2.24) is 10.2 Å². The van der Waals surface area contributed by atoms with Gasteiger partial charge in [-0.3, -0.25) is 9.89 Å².